The summed E-state index contributed by atoms with van der Waals surface area (Å²) in [4.78, 5) is 27.3. The molecule has 2 heterocycles. The molecule has 2 N–H and O–H groups in total. The Morgan fingerprint density at radius 1 is 1.21 bits per heavy atom. The van der Waals surface area contributed by atoms with Crippen LogP contribution in [0.25, 0.3) is 0 Å². The number of hydrogen-bond donors (Lipinski definition) is 2. The number of carbonyl (C=O) groups is 2. The van der Waals surface area contributed by atoms with Gasteiger partial charge in [0, 0.05) is 44.0 Å². The lowest BCUT2D eigenvalue weighted by molar-refractivity contribution is -0.151. The van der Waals surface area contributed by atoms with E-state index in [1.54, 1.807) is 6.07 Å². The molecule has 0 aromatic heterocycles. The second-order valence-electron chi connectivity index (χ2n) is 6.81. The minimum absolute atomic E-state index is 0. The topological polar surface area (TPSA) is 83.1 Å². The number of ether oxygens (including phenoxy) is 2. The standard InChI is InChI=1S/C19H28N4O4.2ClH/c1-26-19(25)18(21-14-24)27-17-4-2-3-16(13-17)23-11-9-22(10-12-23)15-5-7-20-8-6-15;;/h2-4,13-15,18,20H,5-12H2,1H3,(H,21,24);2*1H. The lowest BCUT2D eigenvalue weighted by atomic mass is 10.0. The molecule has 29 heavy (non-hydrogen) atoms. The third-order valence-corrected chi connectivity index (χ3v) is 5.21. The molecule has 0 radical (unpaired) electrons. The lowest BCUT2D eigenvalue weighted by Crippen LogP contribution is -2.52. The van der Waals surface area contributed by atoms with E-state index < -0.39 is 12.2 Å². The number of piperidine rings is 1. The zero-order chi connectivity index (χ0) is 19.1. The van der Waals surface area contributed by atoms with Crippen LogP contribution in [0.5, 0.6) is 5.75 Å². The van der Waals surface area contributed by atoms with Gasteiger partial charge in [-0.05, 0) is 38.1 Å². The molecule has 8 nitrogen and oxygen atoms in total. The highest BCUT2D eigenvalue weighted by molar-refractivity contribution is 5.85. The molecule has 0 aliphatic carbocycles. The highest BCUT2D eigenvalue weighted by Gasteiger charge is 2.25. The number of benzene rings is 1. The number of nitrogens with one attached hydrogen (secondary N) is 2. The molecule has 1 amide bonds. The summed E-state index contributed by atoms with van der Waals surface area (Å²) in [6, 6.07) is 8.27. The average Bonchev–Trinajstić information content (AvgIpc) is 2.74. The highest BCUT2D eigenvalue weighted by atomic mass is 35.5. The van der Waals surface area contributed by atoms with E-state index in [4.69, 9.17) is 4.74 Å². The molecular weight excluding hydrogens is 419 g/mol. The normalized spacial score (nSPS) is 18.6. The molecule has 1 aromatic rings. The molecule has 3 rings (SSSR count). The molecule has 1 unspecified atom stereocenters. The Bertz CT molecular complexity index is 638. The number of amides is 1. The third-order valence-electron chi connectivity index (χ3n) is 5.21. The summed E-state index contributed by atoms with van der Waals surface area (Å²) in [6.45, 7) is 6.24. The maximum atomic E-state index is 11.7. The number of nitrogens with zero attached hydrogens (tertiary/aromatic N) is 2. The molecule has 0 bridgehead atoms. The highest BCUT2D eigenvalue weighted by Crippen LogP contribution is 2.24. The zero-order valence-electron chi connectivity index (χ0n) is 16.5. The van der Waals surface area contributed by atoms with Crippen molar-refractivity contribution in [2.24, 2.45) is 0 Å². The van der Waals surface area contributed by atoms with Gasteiger partial charge in [0.15, 0.2) is 0 Å². The number of halogens is 2. The van der Waals surface area contributed by atoms with Crippen LogP contribution in [-0.4, -0.2) is 75.9 Å². The first-order valence-electron chi connectivity index (χ1n) is 9.45. The first kappa shape index (κ1) is 25.3. The predicted octanol–water partition coefficient (Wildman–Crippen LogP) is 1.03. The smallest absolute Gasteiger partial charge is 0.368 e. The van der Waals surface area contributed by atoms with Gasteiger partial charge < -0.3 is 25.0 Å². The Balaban J connectivity index is 0.00000210. The number of anilines is 1. The second-order valence-corrected chi connectivity index (χ2v) is 6.81. The number of hydrogen-bond acceptors (Lipinski definition) is 7. The zero-order valence-corrected chi connectivity index (χ0v) is 18.2. The van der Waals surface area contributed by atoms with Gasteiger partial charge in [-0.25, -0.2) is 4.79 Å². The van der Waals surface area contributed by atoms with Gasteiger partial charge in [-0.2, -0.15) is 0 Å². The Labute approximate surface area is 184 Å². The van der Waals surface area contributed by atoms with Crippen molar-refractivity contribution in [3.05, 3.63) is 24.3 Å². The average molecular weight is 449 g/mol. The summed E-state index contributed by atoms with van der Waals surface area (Å²) in [5.41, 5.74) is 1.05. The van der Waals surface area contributed by atoms with Crippen LogP contribution in [0.3, 0.4) is 0 Å². The second kappa shape index (κ2) is 12.7. The summed E-state index contributed by atoms with van der Waals surface area (Å²) >= 11 is 0. The summed E-state index contributed by atoms with van der Waals surface area (Å²) < 4.78 is 10.2. The number of piperazine rings is 1. The van der Waals surface area contributed by atoms with Crippen molar-refractivity contribution in [2.45, 2.75) is 25.1 Å². The Kier molecular flexibility index (Phi) is 11.1. The minimum Gasteiger partial charge on any atom is -0.465 e. The van der Waals surface area contributed by atoms with E-state index in [-0.39, 0.29) is 24.8 Å². The van der Waals surface area contributed by atoms with Crippen molar-refractivity contribution in [3.8, 4) is 5.75 Å². The van der Waals surface area contributed by atoms with Gasteiger partial charge in [0.1, 0.15) is 5.75 Å². The number of esters is 1. The largest absolute Gasteiger partial charge is 0.465 e. The SMILES string of the molecule is COC(=O)C(NC=O)Oc1cccc(N2CCN(C3CCNCC3)CC2)c1.Cl.Cl. The molecule has 2 aliphatic heterocycles. The molecule has 2 aliphatic rings. The van der Waals surface area contributed by atoms with Crippen LogP contribution in [0.1, 0.15) is 12.8 Å². The Morgan fingerprint density at radius 2 is 1.90 bits per heavy atom. The Hall–Kier alpha value is -1.74. The van der Waals surface area contributed by atoms with Crippen molar-refractivity contribution >= 4 is 42.9 Å². The van der Waals surface area contributed by atoms with Crippen LogP contribution >= 0.6 is 24.8 Å². The summed E-state index contributed by atoms with van der Waals surface area (Å²) in [5.74, 6) is -0.138. The van der Waals surface area contributed by atoms with Gasteiger partial charge in [-0.15, -0.1) is 24.8 Å². The van der Waals surface area contributed by atoms with Crippen molar-refractivity contribution in [1.82, 2.24) is 15.5 Å². The van der Waals surface area contributed by atoms with Crippen LogP contribution in [0.4, 0.5) is 5.69 Å². The molecule has 1 aromatic carbocycles. The maximum absolute atomic E-state index is 11.7. The van der Waals surface area contributed by atoms with E-state index in [9.17, 15) is 9.59 Å². The van der Waals surface area contributed by atoms with E-state index >= 15 is 0 Å². The predicted molar refractivity (Wildman–Crippen MR) is 116 cm³/mol. The van der Waals surface area contributed by atoms with Crippen LogP contribution in [0.15, 0.2) is 24.3 Å². The van der Waals surface area contributed by atoms with Gasteiger partial charge in [0.25, 0.3) is 6.23 Å². The lowest BCUT2D eigenvalue weighted by Gasteiger charge is -2.41. The van der Waals surface area contributed by atoms with Gasteiger partial charge in [0.2, 0.25) is 6.41 Å². The molecule has 10 heteroatoms. The first-order valence-corrected chi connectivity index (χ1v) is 9.45. The van der Waals surface area contributed by atoms with E-state index in [1.807, 2.05) is 18.2 Å². The molecular formula is C19H30Cl2N4O4. The van der Waals surface area contributed by atoms with Gasteiger partial charge in [-0.1, -0.05) is 6.07 Å². The number of rotatable bonds is 7. The summed E-state index contributed by atoms with van der Waals surface area (Å²) in [7, 11) is 1.25. The molecule has 1 atom stereocenters. The van der Waals surface area contributed by atoms with E-state index in [2.05, 4.69) is 25.2 Å². The molecule has 164 valence electrons. The van der Waals surface area contributed by atoms with Crippen LogP contribution in [0.2, 0.25) is 0 Å². The van der Waals surface area contributed by atoms with Crippen molar-refractivity contribution in [1.29, 1.82) is 0 Å². The number of methoxy groups -OCH3 is 1. The van der Waals surface area contributed by atoms with E-state index in [1.165, 1.54) is 20.0 Å². The van der Waals surface area contributed by atoms with Crippen molar-refractivity contribution < 1.29 is 19.1 Å². The van der Waals surface area contributed by atoms with Gasteiger partial charge in [0.05, 0.1) is 7.11 Å². The fourth-order valence-corrected chi connectivity index (χ4v) is 3.73. The quantitative estimate of drug-likeness (QED) is 0.366. The van der Waals surface area contributed by atoms with Crippen molar-refractivity contribution in [2.75, 3.05) is 51.3 Å². The van der Waals surface area contributed by atoms with Crippen LogP contribution in [-0.2, 0) is 14.3 Å². The van der Waals surface area contributed by atoms with Gasteiger partial charge in [-0.3, -0.25) is 9.69 Å². The molecule has 0 spiro atoms. The fraction of sp³-hybridized carbons (Fsp3) is 0.579. The number of carbonyl (C=O) groups excluding carboxylic acids is 2. The van der Waals surface area contributed by atoms with Gasteiger partial charge >= 0.3 is 5.97 Å². The fourth-order valence-electron chi connectivity index (χ4n) is 3.73. The summed E-state index contributed by atoms with van der Waals surface area (Å²) in [5, 5.41) is 5.74. The third kappa shape index (κ3) is 6.92. The first-order chi connectivity index (χ1) is 13.2. The Morgan fingerprint density at radius 3 is 2.52 bits per heavy atom. The summed E-state index contributed by atoms with van der Waals surface area (Å²) in [6.07, 6.45) is 1.72. The van der Waals surface area contributed by atoms with E-state index in [0.29, 0.717) is 18.2 Å². The minimum atomic E-state index is -1.15. The van der Waals surface area contributed by atoms with E-state index in [0.717, 1.165) is 45.0 Å². The molecule has 2 fully saturated rings. The van der Waals surface area contributed by atoms with Crippen molar-refractivity contribution in [3.63, 3.8) is 0 Å². The monoisotopic (exact) mass is 448 g/mol. The van der Waals surface area contributed by atoms with Crippen LogP contribution < -0.4 is 20.3 Å². The molecule has 2 saturated heterocycles. The maximum Gasteiger partial charge on any atom is 0.368 e. The van der Waals surface area contributed by atoms with Crippen LogP contribution in [0, 0.1) is 0 Å². The molecule has 0 saturated carbocycles.